The summed E-state index contributed by atoms with van der Waals surface area (Å²) in [6, 6.07) is 7.68. The summed E-state index contributed by atoms with van der Waals surface area (Å²) in [5, 5.41) is 8.19. The molecular weight excluding hydrogens is 304 g/mol. The van der Waals surface area contributed by atoms with E-state index in [2.05, 4.69) is 20.3 Å². The minimum atomic E-state index is 0.0863. The molecule has 0 bridgehead atoms. The quantitative estimate of drug-likeness (QED) is 0.732. The van der Waals surface area contributed by atoms with E-state index in [-0.39, 0.29) is 12.5 Å². The molecule has 7 nitrogen and oxygen atoms in total. The van der Waals surface area contributed by atoms with Crippen LogP contribution in [0.2, 0.25) is 0 Å². The molecule has 3 aromatic rings. The van der Waals surface area contributed by atoms with Crippen LogP contribution in [0.3, 0.4) is 0 Å². The molecule has 1 fully saturated rings. The van der Waals surface area contributed by atoms with E-state index in [9.17, 15) is 4.79 Å². The van der Waals surface area contributed by atoms with Crippen molar-refractivity contribution in [3.63, 3.8) is 0 Å². The maximum Gasteiger partial charge on any atom is 0.244 e. The molecule has 0 saturated carbocycles. The number of rotatable bonds is 3. The standard InChI is InChI=1S/C17H18N6O/c24-17(12-23-16-4-2-1-3-14(16)20-21-23)22-9-5-13(6-10-22)15-11-18-7-8-19-15/h1-4,7-8,11,13H,5-6,9-10,12H2. The first kappa shape index (κ1) is 14.7. The maximum absolute atomic E-state index is 12.6. The summed E-state index contributed by atoms with van der Waals surface area (Å²) in [6.07, 6.45) is 7.07. The van der Waals surface area contributed by atoms with Crippen LogP contribution in [0.5, 0.6) is 0 Å². The van der Waals surface area contributed by atoms with Crippen LogP contribution >= 0.6 is 0 Å². The van der Waals surface area contributed by atoms with E-state index in [1.165, 1.54) is 0 Å². The fraction of sp³-hybridized carbons (Fsp3) is 0.353. The number of likely N-dealkylation sites (tertiary alicyclic amines) is 1. The highest BCUT2D eigenvalue weighted by atomic mass is 16.2. The number of hydrogen-bond acceptors (Lipinski definition) is 5. The maximum atomic E-state index is 12.6. The molecule has 4 rings (SSSR count). The molecular formula is C17H18N6O. The fourth-order valence-electron chi connectivity index (χ4n) is 3.21. The number of piperidine rings is 1. The van der Waals surface area contributed by atoms with E-state index in [0.717, 1.165) is 42.7 Å². The minimum absolute atomic E-state index is 0.0863. The Morgan fingerprint density at radius 2 is 2.00 bits per heavy atom. The van der Waals surface area contributed by atoms with Crippen molar-refractivity contribution in [2.24, 2.45) is 0 Å². The Hall–Kier alpha value is -2.83. The van der Waals surface area contributed by atoms with Gasteiger partial charge in [0, 0.05) is 37.6 Å². The average Bonchev–Trinajstić information content (AvgIpc) is 3.06. The first-order valence-electron chi connectivity index (χ1n) is 8.13. The number of aromatic nitrogens is 5. The summed E-state index contributed by atoms with van der Waals surface area (Å²) in [5.74, 6) is 0.471. The minimum Gasteiger partial charge on any atom is -0.341 e. The molecule has 0 atom stereocenters. The van der Waals surface area contributed by atoms with Crippen molar-refractivity contribution >= 4 is 16.9 Å². The van der Waals surface area contributed by atoms with Crippen LogP contribution < -0.4 is 0 Å². The highest BCUT2D eigenvalue weighted by Crippen LogP contribution is 2.26. The van der Waals surface area contributed by atoms with Gasteiger partial charge < -0.3 is 4.90 Å². The van der Waals surface area contributed by atoms with E-state index >= 15 is 0 Å². The third-order valence-electron chi connectivity index (χ3n) is 4.55. The number of fused-ring (bicyclic) bond motifs is 1. The van der Waals surface area contributed by atoms with Crippen LogP contribution in [-0.4, -0.2) is 48.9 Å². The zero-order valence-electron chi connectivity index (χ0n) is 13.2. The number of carbonyl (C=O) groups excluding carboxylic acids is 1. The van der Waals surface area contributed by atoms with E-state index in [1.807, 2.05) is 35.4 Å². The van der Waals surface area contributed by atoms with Gasteiger partial charge in [-0.25, -0.2) is 4.68 Å². The Labute approximate surface area is 139 Å². The van der Waals surface area contributed by atoms with Gasteiger partial charge in [0.05, 0.1) is 11.2 Å². The number of nitrogens with zero attached hydrogens (tertiary/aromatic N) is 6. The molecule has 3 heterocycles. The predicted octanol–water partition coefficient (Wildman–Crippen LogP) is 1.63. The van der Waals surface area contributed by atoms with E-state index in [0.29, 0.717) is 5.92 Å². The predicted molar refractivity (Wildman–Crippen MR) is 88.1 cm³/mol. The van der Waals surface area contributed by atoms with Gasteiger partial charge in [0.15, 0.2) is 0 Å². The molecule has 1 aliphatic heterocycles. The third-order valence-corrected chi connectivity index (χ3v) is 4.55. The topological polar surface area (TPSA) is 76.8 Å². The number of benzene rings is 1. The molecule has 0 unspecified atom stereocenters. The second kappa shape index (κ2) is 6.35. The number of amides is 1. The number of carbonyl (C=O) groups is 1. The van der Waals surface area contributed by atoms with Gasteiger partial charge in [-0.3, -0.25) is 14.8 Å². The fourth-order valence-corrected chi connectivity index (χ4v) is 3.21. The lowest BCUT2D eigenvalue weighted by atomic mass is 9.94. The molecule has 1 aliphatic rings. The van der Waals surface area contributed by atoms with Crippen LogP contribution in [-0.2, 0) is 11.3 Å². The number of para-hydroxylation sites is 1. The second-order valence-corrected chi connectivity index (χ2v) is 6.02. The molecule has 0 N–H and O–H groups in total. The molecule has 122 valence electrons. The van der Waals surface area contributed by atoms with Crippen molar-refractivity contribution in [1.29, 1.82) is 0 Å². The summed E-state index contributed by atoms with van der Waals surface area (Å²) >= 11 is 0. The highest BCUT2D eigenvalue weighted by Gasteiger charge is 2.25. The lowest BCUT2D eigenvalue weighted by Crippen LogP contribution is -2.40. The Morgan fingerprint density at radius 3 is 2.79 bits per heavy atom. The Bertz CT molecular complexity index is 838. The van der Waals surface area contributed by atoms with Crippen LogP contribution in [0.1, 0.15) is 24.5 Å². The lowest BCUT2D eigenvalue weighted by Gasteiger charge is -2.31. The van der Waals surface area contributed by atoms with Gasteiger partial charge in [0.25, 0.3) is 0 Å². The summed E-state index contributed by atoms with van der Waals surface area (Å²) in [6.45, 7) is 1.72. The van der Waals surface area contributed by atoms with Crippen LogP contribution in [0.15, 0.2) is 42.9 Å². The van der Waals surface area contributed by atoms with Gasteiger partial charge in [0.1, 0.15) is 12.1 Å². The van der Waals surface area contributed by atoms with Crippen molar-refractivity contribution < 1.29 is 4.79 Å². The van der Waals surface area contributed by atoms with Crippen molar-refractivity contribution in [3.05, 3.63) is 48.5 Å². The first-order chi connectivity index (χ1) is 11.8. The first-order valence-corrected chi connectivity index (χ1v) is 8.13. The highest BCUT2D eigenvalue weighted by molar-refractivity contribution is 5.79. The lowest BCUT2D eigenvalue weighted by molar-refractivity contribution is -0.133. The summed E-state index contributed by atoms with van der Waals surface area (Å²) < 4.78 is 1.67. The van der Waals surface area contributed by atoms with Crippen molar-refractivity contribution in [2.75, 3.05) is 13.1 Å². The van der Waals surface area contributed by atoms with Gasteiger partial charge in [-0.2, -0.15) is 0 Å². The Morgan fingerprint density at radius 1 is 1.17 bits per heavy atom. The van der Waals surface area contributed by atoms with Gasteiger partial charge in [-0.1, -0.05) is 17.3 Å². The van der Waals surface area contributed by atoms with Gasteiger partial charge in [-0.05, 0) is 25.0 Å². The Balaban J connectivity index is 1.40. The molecule has 2 aromatic heterocycles. The summed E-state index contributed by atoms with van der Waals surface area (Å²) in [4.78, 5) is 23.0. The number of hydrogen-bond donors (Lipinski definition) is 0. The monoisotopic (exact) mass is 322 g/mol. The molecule has 0 spiro atoms. The molecule has 7 heteroatoms. The van der Waals surface area contributed by atoms with Crippen LogP contribution in [0, 0.1) is 0 Å². The third kappa shape index (κ3) is 2.84. The van der Waals surface area contributed by atoms with Crippen molar-refractivity contribution in [2.45, 2.75) is 25.3 Å². The molecule has 0 aliphatic carbocycles. The smallest absolute Gasteiger partial charge is 0.244 e. The summed E-state index contributed by atoms with van der Waals surface area (Å²) in [7, 11) is 0. The van der Waals surface area contributed by atoms with E-state index in [1.54, 1.807) is 17.1 Å². The van der Waals surface area contributed by atoms with Gasteiger partial charge in [0.2, 0.25) is 5.91 Å². The van der Waals surface area contributed by atoms with Crippen molar-refractivity contribution in [1.82, 2.24) is 29.9 Å². The SMILES string of the molecule is O=C(Cn1nnc2ccccc21)N1CCC(c2cnccn2)CC1. The van der Waals surface area contributed by atoms with Crippen molar-refractivity contribution in [3.8, 4) is 0 Å². The average molecular weight is 322 g/mol. The molecule has 1 aromatic carbocycles. The molecule has 1 amide bonds. The van der Waals surface area contributed by atoms with Gasteiger partial charge >= 0.3 is 0 Å². The van der Waals surface area contributed by atoms with Crippen LogP contribution in [0.4, 0.5) is 0 Å². The van der Waals surface area contributed by atoms with Crippen LogP contribution in [0.25, 0.3) is 11.0 Å². The van der Waals surface area contributed by atoms with E-state index < -0.39 is 0 Å². The zero-order valence-corrected chi connectivity index (χ0v) is 13.2. The summed E-state index contributed by atoms with van der Waals surface area (Å²) in [5.41, 5.74) is 2.72. The molecule has 24 heavy (non-hydrogen) atoms. The zero-order chi connectivity index (χ0) is 16.4. The molecule has 1 saturated heterocycles. The molecule has 0 radical (unpaired) electrons. The Kier molecular flexibility index (Phi) is 3.90. The normalized spacial score (nSPS) is 15.8. The second-order valence-electron chi connectivity index (χ2n) is 6.02. The van der Waals surface area contributed by atoms with E-state index in [4.69, 9.17) is 0 Å². The van der Waals surface area contributed by atoms with Gasteiger partial charge in [-0.15, -0.1) is 5.10 Å². The largest absolute Gasteiger partial charge is 0.341 e.